The van der Waals surface area contributed by atoms with E-state index in [1.54, 1.807) is 11.3 Å². The molecule has 0 aliphatic heterocycles. The minimum Gasteiger partial charge on any atom is -0.494 e. The lowest BCUT2D eigenvalue weighted by Crippen LogP contribution is -2.14. The molecule has 3 rings (SSSR count). The van der Waals surface area contributed by atoms with E-state index in [2.05, 4.69) is 5.32 Å². The van der Waals surface area contributed by atoms with Crippen molar-refractivity contribution in [1.82, 2.24) is 0 Å². The molecule has 1 amide bonds. The van der Waals surface area contributed by atoms with Crippen molar-refractivity contribution in [2.75, 3.05) is 17.7 Å². The van der Waals surface area contributed by atoms with Crippen LogP contribution in [0.15, 0.2) is 24.3 Å². The standard InChI is InChI=1S/C16H18N2O2S/c1-2-20-11-8-6-10(7-9-11)18-16(19)14-12-4-3-5-13(12)21-15(14)17/h6-9H,2-5,17H2,1H3,(H,18,19). The van der Waals surface area contributed by atoms with Gasteiger partial charge in [0.15, 0.2) is 0 Å². The van der Waals surface area contributed by atoms with Crippen molar-refractivity contribution in [2.45, 2.75) is 26.2 Å². The van der Waals surface area contributed by atoms with E-state index in [0.717, 1.165) is 36.3 Å². The van der Waals surface area contributed by atoms with E-state index < -0.39 is 0 Å². The molecule has 21 heavy (non-hydrogen) atoms. The van der Waals surface area contributed by atoms with E-state index in [1.165, 1.54) is 4.88 Å². The molecule has 0 spiro atoms. The summed E-state index contributed by atoms with van der Waals surface area (Å²) in [4.78, 5) is 13.7. The molecule has 4 nitrogen and oxygen atoms in total. The Morgan fingerprint density at radius 1 is 1.33 bits per heavy atom. The van der Waals surface area contributed by atoms with Crippen molar-refractivity contribution in [1.29, 1.82) is 0 Å². The quantitative estimate of drug-likeness (QED) is 0.909. The molecule has 0 unspecified atom stereocenters. The zero-order chi connectivity index (χ0) is 14.8. The predicted molar refractivity (Wildman–Crippen MR) is 86.3 cm³/mol. The molecular formula is C16H18N2O2S. The third-order valence-corrected chi connectivity index (χ3v) is 4.72. The molecule has 3 N–H and O–H groups in total. The zero-order valence-electron chi connectivity index (χ0n) is 11.9. The third-order valence-electron chi connectivity index (χ3n) is 3.60. The minimum atomic E-state index is -0.115. The molecule has 110 valence electrons. The van der Waals surface area contributed by atoms with Crippen LogP contribution in [0.1, 0.15) is 34.1 Å². The second-order valence-electron chi connectivity index (χ2n) is 5.01. The summed E-state index contributed by atoms with van der Waals surface area (Å²) >= 11 is 1.55. The van der Waals surface area contributed by atoms with Crippen LogP contribution in [0.2, 0.25) is 0 Å². The number of carbonyl (C=O) groups is 1. The molecule has 0 fully saturated rings. The maximum absolute atomic E-state index is 12.5. The highest BCUT2D eigenvalue weighted by Crippen LogP contribution is 2.37. The molecule has 5 heteroatoms. The lowest BCUT2D eigenvalue weighted by Gasteiger charge is -2.08. The van der Waals surface area contributed by atoms with E-state index >= 15 is 0 Å². The maximum atomic E-state index is 12.5. The van der Waals surface area contributed by atoms with Crippen molar-refractivity contribution < 1.29 is 9.53 Å². The Labute approximate surface area is 127 Å². The van der Waals surface area contributed by atoms with E-state index in [1.807, 2.05) is 31.2 Å². The number of benzene rings is 1. The number of hydrogen-bond donors (Lipinski definition) is 2. The van der Waals surface area contributed by atoms with Crippen molar-refractivity contribution in [2.24, 2.45) is 0 Å². The Bertz CT molecular complexity index is 662. The average Bonchev–Trinajstić information content (AvgIpc) is 3.00. The van der Waals surface area contributed by atoms with Crippen molar-refractivity contribution >= 4 is 27.9 Å². The fourth-order valence-electron chi connectivity index (χ4n) is 2.67. The molecule has 1 aromatic heterocycles. The second kappa shape index (κ2) is 5.77. The molecule has 1 aliphatic carbocycles. The molecule has 1 heterocycles. The summed E-state index contributed by atoms with van der Waals surface area (Å²) in [6.07, 6.45) is 3.11. The predicted octanol–water partition coefficient (Wildman–Crippen LogP) is 3.47. The molecule has 0 saturated carbocycles. The van der Waals surface area contributed by atoms with Crippen LogP contribution in [-0.4, -0.2) is 12.5 Å². The number of hydrogen-bond acceptors (Lipinski definition) is 4. The highest BCUT2D eigenvalue weighted by molar-refractivity contribution is 7.16. The fraction of sp³-hybridized carbons (Fsp3) is 0.312. The number of rotatable bonds is 4. The van der Waals surface area contributed by atoms with Crippen LogP contribution >= 0.6 is 11.3 Å². The largest absolute Gasteiger partial charge is 0.494 e. The van der Waals surface area contributed by atoms with Crippen molar-refractivity contribution in [3.63, 3.8) is 0 Å². The van der Waals surface area contributed by atoms with Gasteiger partial charge in [-0.15, -0.1) is 11.3 Å². The van der Waals surface area contributed by atoms with Crippen molar-refractivity contribution in [3.05, 3.63) is 40.3 Å². The number of thiophene rings is 1. The van der Waals surface area contributed by atoms with Crippen LogP contribution < -0.4 is 15.8 Å². The van der Waals surface area contributed by atoms with Gasteiger partial charge in [-0.2, -0.15) is 0 Å². The first-order valence-corrected chi connectivity index (χ1v) is 7.95. The second-order valence-corrected chi connectivity index (χ2v) is 6.14. The third kappa shape index (κ3) is 2.74. The van der Waals surface area contributed by atoms with Gasteiger partial charge in [0.1, 0.15) is 5.75 Å². The van der Waals surface area contributed by atoms with Gasteiger partial charge >= 0.3 is 0 Å². The summed E-state index contributed by atoms with van der Waals surface area (Å²) in [5.74, 6) is 0.683. The highest BCUT2D eigenvalue weighted by Gasteiger charge is 2.25. The monoisotopic (exact) mass is 302 g/mol. The van der Waals surface area contributed by atoms with Gasteiger partial charge in [-0.1, -0.05) is 0 Å². The van der Waals surface area contributed by atoms with E-state index in [-0.39, 0.29) is 5.91 Å². The van der Waals surface area contributed by atoms with E-state index in [4.69, 9.17) is 10.5 Å². The van der Waals surface area contributed by atoms with Gasteiger partial charge in [0.2, 0.25) is 0 Å². The zero-order valence-corrected chi connectivity index (χ0v) is 12.8. The highest BCUT2D eigenvalue weighted by atomic mass is 32.1. The molecule has 1 aromatic carbocycles. The van der Waals surface area contributed by atoms with Crippen LogP contribution in [0.25, 0.3) is 0 Å². The van der Waals surface area contributed by atoms with E-state index in [0.29, 0.717) is 17.2 Å². The van der Waals surface area contributed by atoms with Gasteiger partial charge in [-0.25, -0.2) is 0 Å². The molecule has 1 aliphatic rings. The number of ether oxygens (including phenoxy) is 1. The molecule has 0 atom stereocenters. The number of amides is 1. The molecule has 2 aromatic rings. The fourth-order valence-corrected chi connectivity index (χ4v) is 3.83. The van der Waals surface area contributed by atoms with Gasteiger partial charge < -0.3 is 15.8 Å². The number of aryl methyl sites for hydroxylation is 1. The SMILES string of the molecule is CCOc1ccc(NC(=O)c2c(N)sc3c2CCC3)cc1. The summed E-state index contributed by atoms with van der Waals surface area (Å²) in [5.41, 5.74) is 8.57. The Balaban J connectivity index is 1.77. The normalized spacial score (nSPS) is 13.0. The minimum absolute atomic E-state index is 0.115. The lowest BCUT2D eigenvalue weighted by molar-refractivity contribution is 0.102. The summed E-state index contributed by atoms with van der Waals surface area (Å²) in [5, 5.41) is 3.54. The Morgan fingerprint density at radius 3 is 2.81 bits per heavy atom. The molecule has 0 bridgehead atoms. The average molecular weight is 302 g/mol. The van der Waals surface area contributed by atoms with Gasteiger partial charge in [-0.05, 0) is 56.0 Å². The summed E-state index contributed by atoms with van der Waals surface area (Å²) in [6.45, 7) is 2.57. The summed E-state index contributed by atoms with van der Waals surface area (Å²) in [6, 6.07) is 7.37. The first kappa shape index (κ1) is 13.9. The number of nitrogens with one attached hydrogen (secondary N) is 1. The number of anilines is 2. The number of fused-ring (bicyclic) bond motifs is 1. The van der Waals surface area contributed by atoms with E-state index in [9.17, 15) is 4.79 Å². The van der Waals surface area contributed by atoms with Crippen LogP contribution in [0.4, 0.5) is 10.7 Å². The van der Waals surface area contributed by atoms with Gasteiger partial charge in [0.05, 0.1) is 17.2 Å². The number of nitrogens with two attached hydrogens (primary N) is 1. The molecule has 0 radical (unpaired) electrons. The number of carbonyl (C=O) groups excluding carboxylic acids is 1. The first-order valence-electron chi connectivity index (χ1n) is 7.13. The maximum Gasteiger partial charge on any atom is 0.258 e. The Morgan fingerprint density at radius 2 is 2.10 bits per heavy atom. The van der Waals surface area contributed by atoms with Gasteiger partial charge in [0.25, 0.3) is 5.91 Å². The topological polar surface area (TPSA) is 64.3 Å². The molecule has 0 saturated heterocycles. The Kier molecular flexibility index (Phi) is 3.84. The van der Waals surface area contributed by atoms with Crippen LogP contribution in [0.5, 0.6) is 5.75 Å². The van der Waals surface area contributed by atoms with Crippen LogP contribution in [0, 0.1) is 0 Å². The van der Waals surface area contributed by atoms with Crippen molar-refractivity contribution in [3.8, 4) is 5.75 Å². The van der Waals surface area contributed by atoms with Crippen LogP contribution in [-0.2, 0) is 12.8 Å². The Hall–Kier alpha value is -2.01. The lowest BCUT2D eigenvalue weighted by atomic mass is 10.1. The summed E-state index contributed by atoms with van der Waals surface area (Å²) < 4.78 is 5.39. The van der Waals surface area contributed by atoms with Crippen LogP contribution in [0.3, 0.4) is 0 Å². The van der Waals surface area contributed by atoms with Gasteiger partial charge in [-0.3, -0.25) is 4.79 Å². The number of nitrogen functional groups attached to an aromatic ring is 1. The van der Waals surface area contributed by atoms with Gasteiger partial charge in [0, 0.05) is 10.6 Å². The first-order chi connectivity index (χ1) is 10.2. The molecular weight excluding hydrogens is 284 g/mol. The summed E-state index contributed by atoms with van der Waals surface area (Å²) in [7, 11) is 0. The smallest absolute Gasteiger partial charge is 0.258 e.